The Morgan fingerprint density at radius 1 is 0.795 bits per heavy atom. The summed E-state index contributed by atoms with van der Waals surface area (Å²) < 4.78 is 15.9. The molecule has 9 nitrogen and oxygen atoms in total. The van der Waals surface area contributed by atoms with E-state index in [0.29, 0.717) is 39.0 Å². The Hall–Kier alpha value is -4.21. The highest BCUT2D eigenvalue weighted by Crippen LogP contribution is 2.38. The van der Waals surface area contributed by atoms with Crippen LogP contribution in [0.5, 0.6) is 17.2 Å². The molecule has 39 heavy (non-hydrogen) atoms. The molecule has 3 aromatic rings. The zero-order chi connectivity index (χ0) is 28.4. The van der Waals surface area contributed by atoms with Crippen molar-refractivity contribution in [2.45, 2.75) is 13.8 Å². The van der Waals surface area contributed by atoms with Gasteiger partial charge in [-0.25, -0.2) is 4.90 Å². The Balaban J connectivity index is 1.61. The second-order valence-corrected chi connectivity index (χ2v) is 9.37. The molecule has 3 aromatic carbocycles. The molecule has 0 atom stereocenters. The van der Waals surface area contributed by atoms with E-state index in [-0.39, 0.29) is 22.2 Å². The van der Waals surface area contributed by atoms with Gasteiger partial charge in [0.25, 0.3) is 17.7 Å². The maximum absolute atomic E-state index is 13.4. The Morgan fingerprint density at radius 2 is 1.51 bits per heavy atom. The number of halogens is 2. The SMILES string of the molecule is COc1ccc(N2C(=O)C(Cl)=C(Nc3cc(C(=O)Nc4cc(C)c(Cl)cc4OC)ccc3C)C2=O)c(OC)c1. The lowest BCUT2D eigenvalue weighted by atomic mass is 10.1. The van der Waals surface area contributed by atoms with Crippen molar-refractivity contribution < 1.29 is 28.6 Å². The lowest BCUT2D eigenvalue weighted by Gasteiger charge is -2.19. The fraction of sp³-hybridized carbons (Fsp3) is 0.179. The average molecular weight is 570 g/mol. The molecule has 0 bridgehead atoms. The van der Waals surface area contributed by atoms with E-state index in [0.717, 1.165) is 10.5 Å². The first-order valence-electron chi connectivity index (χ1n) is 11.6. The second-order valence-electron chi connectivity index (χ2n) is 8.58. The number of anilines is 3. The number of aryl methyl sites for hydroxylation is 2. The number of nitrogens with zero attached hydrogens (tertiary/aromatic N) is 1. The van der Waals surface area contributed by atoms with Crippen molar-refractivity contribution >= 4 is 58.0 Å². The number of rotatable bonds is 8. The summed E-state index contributed by atoms with van der Waals surface area (Å²) in [4.78, 5) is 40.4. The number of methoxy groups -OCH3 is 3. The largest absolute Gasteiger partial charge is 0.497 e. The van der Waals surface area contributed by atoms with Gasteiger partial charge in [-0.1, -0.05) is 29.3 Å². The molecule has 0 saturated heterocycles. The molecule has 0 unspecified atom stereocenters. The van der Waals surface area contributed by atoms with Crippen molar-refractivity contribution in [3.8, 4) is 17.2 Å². The number of carbonyl (C=O) groups excluding carboxylic acids is 3. The van der Waals surface area contributed by atoms with Crippen LogP contribution in [0, 0.1) is 13.8 Å². The molecule has 4 rings (SSSR count). The van der Waals surface area contributed by atoms with Crippen LogP contribution < -0.4 is 29.7 Å². The Bertz CT molecular complexity index is 1540. The molecular weight excluding hydrogens is 545 g/mol. The number of carbonyl (C=O) groups is 3. The highest BCUT2D eigenvalue weighted by atomic mass is 35.5. The van der Waals surface area contributed by atoms with Gasteiger partial charge in [-0.2, -0.15) is 0 Å². The fourth-order valence-corrected chi connectivity index (χ4v) is 4.32. The molecule has 2 N–H and O–H groups in total. The van der Waals surface area contributed by atoms with Crippen LogP contribution in [0.4, 0.5) is 17.1 Å². The van der Waals surface area contributed by atoms with Gasteiger partial charge in [-0.3, -0.25) is 14.4 Å². The molecule has 0 aliphatic carbocycles. The maximum Gasteiger partial charge on any atom is 0.283 e. The number of hydrogen-bond acceptors (Lipinski definition) is 7. The molecule has 0 fully saturated rings. The van der Waals surface area contributed by atoms with E-state index in [4.69, 9.17) is 37.4 Å². The molecule has 0 spiro atoms. The van der Waals surface area contributed by atoms with E-state index < -0.39 is 17.7 Å². The van der Waals surface area contributed by atoms with Crippen molar-refractivity contribution in [1.82, 2.24) is 0 Å². The summed E-state index contributed by atoms with van der Waals surface area (Å²) in [5.41, 5.74) is 2.72. The fourth-order valence-electron chi connectivity index (χ4n) is 3.96. The number of benzene rings is 3. The van der Waals surface area contributed by atoms with E-state index in [1.807, 2.05) is 6.92 Å². The van der Waals surface area contributed by atoms with Crippen LogP contribution in [-0.2, 0) is 9.59 Å². The topological polar surface area (TPSA) is 106 Å². The lowest BCUT2D eigenvalue weighted by Crippen LogP contribution is -2.32. The molecule has 1 aliphatic heterocycles. The van der Waals surface area contributed by atoms with Crippen LogP contribution >= 0.6 is 23.2 Å². The van der Waals surface area contributed by atoms with Crippen LogP contribution in [0.25, 0.3) is 0 Å². The quantitative estimate of drug-likeness (QED) is 0.336. The molecule has 202 valence electrons. The van der Waals surface area contributed by atoms with Gasteiger partial charge in [0.15, 0.2) is 0 Å². The summed E-state index contributed by atoms with van der Waals surface area (Å²) in [6, 6.07) is 12.9. The van der Waals surface area contributed by atoms with Crippen LogP contribution in [0.3, 0.4) is 0 Å². The van der Waals surface area contributed by atoms with Gasteiger partial charge in [0.1, 0.15) is 28.0 Å². The Labute approximate surface area is 235 Å². The number of imide groups is 1. The summed E-state index contributed by atoms with van der Waals surface area (Å²) in [5.74, 6) is -0.663. The smallest absolute Gasteiger partial charge is 0.283 e. The summed E-state index contributed by atoms with van der Waals surface area (Å²) in [7, 11) is 4.38. The number of amides is 3. The van der Waals surface area contributed by atoms with Crippen molar-refractivity contribution in [2.75, 3.05) is 36.9 Å². The minimum Gasteiger partial charge on any atom is -0.497 e. The van der Waals surface area contributed by atoms with Crippen LogP contribution in [0.15, 0.2) is 59.3 Å². The zero-order valence-corrected chi connectivity index (χ0v) is 23.3. The molecular formula is C28H25Cl2N3O6. The van der Waals surface area contributed by atoms with E-state index in [1.54, 1.807) is 49.4 Å². The molecule has 0 aromatic heterocycles. The summed E-state index contributed by atoms with van der Waals surface area (Å²) >= 11 is 12.5. The normalized spacial score (nSPS) is 13.1. The third kappa shape index (κ3) is 5.36. The van der Waals surface area contributed by atoms with Crippen LogP contribution in [-0.4, -0.2) is 39.1 Å². The first-order valence-corrected chi connectivity index (χ1v) is 12.4. The molecule has 0 saturated carbocycles. The van der Waals surface area contributed by atoms with E-state index in [1.165, 1.54) is 27.4 Å². The predicted molar refractivity (Wildman–Crippen MR) is 150 cm³/mol. The van der Waals surface area contributed by atoms with Gasteiger partial charge in [0.2, 0.25) is 0 Å². The first-order chi connectivity index (χ1) is 18.6. The number of nitrogens with one attached hydrogen (secondary N) is 2. The minimum absolute atomic E-state index is 0.129. The standard InChI is InChI=1S/C28H25Cl2N3O6/c1-14-6-7-16(26(34)32-20-10-15(2)18(29)13-22(20)38-4)11-19(14)31-25-24(30)27(35)33(28(25)36)21-9-8-17(37-3)12-23(21)39-5/h6-13,31H,1-5H3,(H,32,34). The molecule has 0 radical (unpaired) electrons. The average Bonchev–Trinajstić information content (AvgIpc) is 3.13. The molecule has 1 heterocycles. The molecule has 3 amide bonds. The minimum atomic E-state index is -0.718. The van der Waals surface area contributed by atoms with Gasteiger partial charge in [-0.05, 0) is 55.3 Å². The van der Waals surface area contributed by atoms with Gasteiger partial charge >= 0.3 is 0 Å². The first kappa shape index (κ1) is 27.8. The van der Waals surface area contributed by atoms with Crippen molar-refractivity contribution in [1.29, 1.82) is 0 Å². The Kier molecular flexibility index (Phi) is 8.03. The van der Waals surface area contributed by atoms with Crippen LogP contribution in [0.2, 0.25) is 5.02 Å². The predicted octanol–water partition coefficient (Wildman–Crippen LogP) is 5.67. The number of ether oxygens (including phenoxy) is 3. The van der Waals surface area contributed by atoms with Gasteiger partial charge < -0.3 is 24.8 Å². The zero-order valence-electron chi connectivity index (χ0n) is 21.8. The number of hydrogen-bond donors (Lipinski definition) is 2. The van der Waals surface area contributed by atoms with Crippen molar-refractivity contribution in [2.24, 2.45) is 0 Å². The highest BCUT2D eigenvalue weighted by Gasteiger charge is 2.40. The highest BCUT2D eigenvalue weighted by molar-refractivity contribution is 6.53. The van der Waals surface area contributed by atoms with Crippen molar-refractivity contribution in [3.05, 3.63) is 81.0 Å². The van der Waals surface area contributed by atoms with E-state index in [2.05, 4.69) is 10.6 Å². The second kappa shape index (κ2) is 11.3. The van der Waals surface area contributed by atoms with Crippen molar-refractivity contribution in [3.63, 3.8) is 0 Å². The lowest BCUT2D eigenvalue weighted by molar-refractivity contribution is -0.120. The molecule has 11 heteroatoms. The van der Waals surface area contributed by atoms with Gasteiger partial charge in [-0.15, -0.1) is 0 Å². The Morgan fingerprint density at radius 3 is 2.18 bits per heavy atom. The monoisotopic (exact) mass is 569 g/mol. The molecule has 1 aliphatic rings. The van der Waals surface area contributed by atoms with Crippen LogP contribution in [0.1, 0.15) is 21.5 Å². The van der Waals surface area contributed by atoms with E-state index >= 15 is 0 Å². The van der Waals surface area contributed by atoms with Gasteiger partial charge in [0.05, 0.1) is 32.7 Å². The van der Waals surface area contributed by atoms with Gasteiger partial charge in [0, 0.05) is 28.4 Å². The summed E-state index contributed by atoms with van der Waals surface area (Å²) in [5, 5.41) is 5.98. The summed E-state index contributed by atoms with van der Waals surface area (Å²) in [6.45, 7) is 3.60. The third-order valence-electron chi connectivity index (χ3n) is 6.14. The van der Waals surface area contributed by atoms with E-state index in [9.17, 15) is 14.4 Å². The maximum atomic E-state index is 13.4. The summed E-state index contributed by atoms with van der Waals surface area (Å²) in [6.07, 6.45) is 0. The third-order valence-corrected chi connectivity index (χ3v) is 6.90.